The minimum atomic E-state index is -0.450. The third-order valence-corrected chi connectivity index (χ3v) is 10.6. The fraction of sp³-hybridized carbons (Fsp3) is 0.0196. The number of allylic oxidation sites excluding steroid dienone is 3. The summed E-state index contributed by atoms with van der Waals surface area (Å²) in [5, 5.41) is 9.81. The third kappa shape index (κ3) is 5.35. The number of hydrogen-bond donors (Lipinski definition) is 1. The van der Waals surface area contributed by atoms with Crippen molar-refractivity contribution in [3.8, 4) is 44.5 Å². The Balaban J connectivity index is 1.22. The van der Waals surface area contributed by atoms with Gasteiger partial charge in [0.05, 0.1) is 22.3 Å². The van der Waals surface area contributed by atoms with Gasteiger partial charge in [0.1, 0.15) is 0 Å². The number of hydrogen-bond acceptors (Lipinski definition) is 2. The zero-order valence-corrected chi connectivity index (χ0v) is 29.2. The van der Waals surface area contributed by atoms with Crippen molar-refractivity contribution in [2.45, 2.75) is 5.41 Å². The Labute approximate surface area is 310 Å². The highest BCUT2D eigenvalue weighted by Crippen LogP contribution is 2.58. The van der Waals surface area contributed by atoms with E-state index in [4.69, 9.17) is 10.4 Å². The van der Waals surface area contributed by atoms with E-state index >= 15 is 0 Å². The van der Waals surface area contributed by atoms with Crippen molar-refractivity contribution in [3.05, 3.63) is 235 Å². The van der Waals surface area contributed by atoms with E-state index < -0.39 is 5.41 Å². The minimum Gasteiger partial charge on any atom is -0.299 e. The summed E-state index contributed by atoms with van der Waals surface area (Å²) in [4.78, 5) is 5.02. The topological polar surface area (TPSA) is 36.7 Å². The van der Waals surface area contributed by atoms with Gasteiger partial charge in [-0.3, -0.25) is 5.41 Å². The van der Waals surface area contributed by atoms with Gasteiger partial charge in [0.2, 0.25) is 0 Å². The van der Waals surface area contributed by atoms with Gasteiger partial charge in [-0.25, -0.2) is 4.98 Å². The molecule has 0 radical (unpaired) electrons. The zero-order chi connectivity index (χ0) is 35.8. The molecule has 250 valence electrons. The summed E-state index contributed by atoms with van der Waals surface area (Å²) in [5.41, 5.74) is 15.7. The molecule has 9 rings (SSSR count). The molecule has 0 unspecified atom stereocenters. The highest BCUT2D eigenvalue weighted by atomic mass is 14.7. The van der Waals surface area contributed by atoms with Crippen LogP contribution < -0.4 is 0 Å². The van der Waals surface area contributed by atoms with Crippen molar-refractivity contribution in [1.82, 2.24) is 4.98 Å². The van der Waals surface area contributed by atoms with Crippen LogP contribution in [0.2, 0.25) is 0 Å². The largest absolute Gasteiger partial charge is 0.299 e. The van der Waals surface area contributed by atoms with Crippen molar-refractivity contribution in [2.24, 2.45) is 0 Å². The molecule has 2 heteroatoms. The summed E-state index contributed by atoms with van der Waals surface area (Å²) in [6, 6.07) is 65.4. The lowest BCUT2D eigenvalue weighted by Crippen LogP contribution is -2.28. The van der Waals surface area contributed by atoms with E-state index in [2.05, 4.69) is 164 Å². The average molecular weight is 677 g/mol. The van der Waals surface area contributed by atoms with Gasteiger partial charge < -0.3 is 0 Å². The number of nitrogens with one attached hydrogen (secondary N) is 1. The van der Waals surface area contributed by atoms with Crippen LogP contribution in [0.25, 0.3) is 55.4 Å². The second kappa shape index (κ2) is 13.3. The van der Waals surface area contributed by atoms with Crippen LogP contribution in [0.15, 0.2) is 207 Å². The molecule has 1 aromatic heterocycles. The van der Waals surface area contributed by atoms with Crippen molar-refractivity contribution >= 4 is 16.6 Å². The number of fused-ring (bicyclic) bond motifs is 4. The molecule has 1 aliphatic carbocycles. The molecule has 0 aliphatic heterocycles. The first-order valence-electron chi connectivity index (χ1n) is 18.0. The molecule has 0 amide bonds. The second-order valence-electron chi connectivity index (χ2n) is 13.5. The Hall–Kier alpha value is -6.90. The molecule has 0 saturated heterocycles. The first kappa shape index (κ1) is 32.0. The van der Waals surface area contributed by atoms with Crippen LogP contribution in [0.1, 0.15) is 27.9 Å². The van der Waals surface area contributed by atoms with E-state index in [1.165, 1.54) is 38.9 Å². The Morgan fingerprint density at radius 1 is 0.509 bits per heavy atom. The van der Waals surface area contributed by atoms with Crippen LogP contribution in [-0.4, -0.2) is 10.7 Å². The van der Waals surface area contributed by atoms with Gasteiger partial charge in [-0.15, -0.1) is 0 Å². The monoisotopic (exact) mass is 676 g/mol. The zero-order valence-electron chi connectivity index (χ0n) is 29.2. The average Bonchev–Trinajstić information content (AvgIpc) is 3.54. The summed E-state index contributed by atoms with van der Waals surface area (Å²) < 4.78 is 0. The molecule has 0 atom stereocenters. The fourth-order valence-electron chi connectivity index (χ4n) is 8.25. The highest BCUT2D eigenvalue weighted by molar-refractivity contribution is 6.09. The Bertz CT molecular complexity index is 2650. The molecule has 0 saturated carbocycles. The molecule has 0 spiro atoms. The summed E-state index contributed by atoms with van der Waals surface area (Å²) in [6.45, 7) is 3.78. The number of rotatable bonds is 8. The van der Waals surface area contributed by atoms with Crippen molar-refractivity contribution in [2.75, 3.05) is 0 Å². The molecule has 7 aromatic carbocycles. The van der Waals surface area contributed by atoms with E-state index in [1.54, 1.807) is 18.2 Å². The summed E-state index contributed by atoms with van der Waals surface area (Å²) in [7, 11) is 0. The Kier molecular flexibility index (Phi) is 8.06. The van der Waals surface area contributed by atoms with E-state index in [0.717, 1.165) is 38.7 Å². The molecule has 1 aliphatic rings. The predicted molar refractivity (Wildman–Crippen MR) is 222 cm³/mol. The SMILES string of the molecule is C=C/C=C\C(=N)c1cc(-c2ccccc2)c2ccc(-c3cccc(-c4cccc5c4-c4ccccc4C5(c4ccccc4)c4ccccc4)c3)cc2n1. The van der Waals surface area contributed by atoms with Gasteiger partial charge in [0.25, 0.3) is 0 Å². The lowest BCUT2D eigenvalue weighted by atomic mass is 9.67. The molecule has 1 N–H and O–H groups in total. The molecule has 53 heavy (non-hydrogen) atoms. The maximum Gasteiger partial charge on any atom is 0.0892 e. The summed E-state index contributed by atoms with van der Waals surface area (Å²) >= 11 is 0. The normalized spacial score (nSPS) is 12.8. The van der Waals surface area contributed by atoms with Crippen LogP contribution in [0.3, 0.4) is 0 Å². The first-order valence-corrected chi connectivity index (χ1v) is 18.0. The predicted octanol–water partition coefficient (Wildman–Crippen LogP) is 12.7. The van der Waals surface area contributed by atoms with Crippen LogP contribution >= 0.6 is 0 Å². The van der Waals surface area contributed by atoms with Crippen molar-refractivity contribution in [1.29, 1.82) is 5.41 Å². The van der Waals surface area contributed by atoms with Gasteiger partial charge in [-0.05, 0) is 91.0 Å². The third-order valence-electron chi connectivity index (χ3n) is 10.6. The molecular formula is C51H36N2. The first-order chi connectivity index (χ1) is 26.2. The van der Waals surface area contributed by atoms with Gasteiger partial charge in [0, 0.05) is 5.39 Å². The maximum absolute atomic E-state index is 8.76. The number of benzene rings is 7. The van der Waals surface area contributed by atoms with Gasteiger partial charge in [-0.2, -0.15) is 0 Å². The highest BCUT2D eigenvalue weighted by Gasteiger charge is 2.46. The second-order valence-corrected chi connectivity index (χ2v) is 13.5. The van der Waals surface area contributed by atoms with Gasteiger partial charge in [-0.1, -0.05) is 183 Å². The van der Waals surface area contributed by atoms with Crippen molar-refractivity contribution < 1.29 is 0 Å². The Morgan fingerprint density at radius 3 is 1.83 bits per heavy atom. The van der Waals surface area contributed by atoms with E-state index in [-0.39, 0.29) is 0 Å². The van der Waals surface area contributed by atoms with E-state index in [9.17, 15) is 0 Å². The molecule has 2 nitrogen and oxygen atoms in total. The molecule has 8 aromatic rings. The van der Waals surface area contributed by atoms with Crippen LogP contribution in [0.4, 0.5) is 0 Å². The smallest absolute Gasteiger partial charge is 0.0892 e. The summed E-state index contributed by atoms with van der Waals surface area (Å²) in [5.74, 6) is 0. The quantitative estimate of drug-likeness (QED) is 0.126. The lowest BCUT2D eigenvalue weighted by molar-refractivity contribution is 0.768. The number of nitrogens with zero attached hydrogens (tertiary/aromatic N) is 1. The molecule has 0 bridgehead atoms. The maximum atomic E-state index is 8.76. The molecule has 1 heterocycles. The van der Waals surface area contributed by atoms with Gasteiger partial charge >= 0.3 is 0 Å². The summed E-state index contributed by atoms with van der Waals surface area (Å²) in [6.07, 6.45) is 5.20. The standard InChI is InChI=1S/C51H36N2/c1-2-3-29-47(52)49-34-44(35-17-7-4-8-18-35)42-31-30-37(33-48(42)53-49)36-19-15-20-38(32-36)41-26-16-28-46-50(41)43-25-13-14-27-45(43)51(46,39-21-9-5-10-22-39)40-23-11-6-12-24-40/h2-34,52H,1H2/b29-3-,52-47?. The van der Waals surface area contributed by atoms with E-state index in [1.807, 2.05) is 24.3 Å². The van der Waals surface area contributed by atoms with Crippen LogP contribution in [-0.2, 0) is 5.41 Å². The number of aromatic nitrogens is 1. The van der Waals surface area contributed by atoms with Crippen LogP contribution in [0, 0.1) is 5.41 Å². The number of pyridine rings is 1. The van der Waals surface area contributed by atoms with E-state index in [0.29, 0.717) is 11.4 Å². The van der Waals surface area contributed by atoms with Crippen molar-refractivity contribution in [3.63, 3.8) is 0 Å². The Morgan fingerprint density at radius 2 is 1.09 bits per heavy atom. The lowest BCUT2D eigenvalue weighted by Gasteiger charge is -2.34. The molecular weight excluding hydrogens is 641 g/mol. The minimum absolute atomic E-state index is 0.344. The van der Waals surface area contributed by atoms with Gasteiger partial charge in [0.15, 0.2) is 0 Å². The molecule has 0 fully saturated rings. The fourth-order valence-corrected chi connectivity index (χ4v) is 8.25. The van der Waals surface area contributed by atoms with Crippen LogP contribution in [0.5, 0.6) is 0 Å².